The molecule has 0 heterocycles. The zero-order chi connectivity index (χ0) is 16.1. The largest absolute Gasteiger partial charge is 0.504 e. The first-order chi connectivity index (χ1) is 10.5. The van der Waals surface area contributed by atoms with E-state index in [0.29, 0.717) is 26.5 Å². The molecule has 0 aromatic heterocycles. The zero-order valence-electron chi connectivity index (χ0n) is 11.8. The van der Waals surface area contributed by atoms with Gasteiger partial charge >= 0.3 is 0 Å². The Labute approximate surface area is 147 Å². The number of aromatic hydroxyl groups is 1. The fraction of sp³-hybridized carbons (Fsp3) is 0.118. The lowest BCUT2D eigenvalue weighted by molar-refractivity contribution is 0.317. The van der Waals surface area contributed by atoms with Gasteiger partial charge in [-0.3, -0.25) is 0 Å². The van der Waals surface area contributed by atoms with E-state index in [0.717, 1.165) is 11.1 Å². The molecule has 0 spiro atoms. The molecule has 0 unspecified atom stereocenters. The molecule has 112 valence electrons. The molecule has 22 heavy (non-hydrogen) atoms. The van der Waals surface area contributed by atoms with Gasteiger partial charge in [-0.15, -0.1) is 0 Å². The Morgan fingerprint density at radius 3 is 2.64 bits per heavy atom. The summed E-state index contributed by atoms with van der Waals surface area (Å²) in [6.07, 6.45) is 1.76. The van der Waals surface area contributed by atoms with Gasteiger partial charge in [-0.05, 0) is 71.0 Å². The average Bonchev–Trinajstić information content (AvgIpc) is 2.51. The first-order valence-electron chi connectivity index (χ1n) is 6.58. The summed E-state index contributed by atoms with van der Waals surface area (Å²) in [6.45, 7) is 2.31. The topological polar surface area (TPSA) is 53.2 Å². The number of hydrogen-bond acceptors (Lipinski definition) is 3. The molecule has 0 aliphatic carbocycles. The summed E-state index contributed by atoms with van der Waals surface area (Å²) in [5.74, 6) is 0.527. The van der Waals surface area contributed by atoms with E-state index in [9.17, 15) is 10.4 Å². The number of rotatable bonds is 4. The fourth-order valence-electron chi connectivity index (χ4n) is 1.92. The number of nitrogens with zero attached hydrogens (tertiary/aromatic N) is 1. The van der Waals surface area contributed by atoms with Crippen molar-refractivity contribution in [2.75, 3.05) is 6.61 Å². The molecule has 5 heteroatoms. The summed E-state index contributed by atoms with van der Waals surface area (Å²) in [6, 6.07) is 12.8. The number of nitriles is 1. The van der Waals surface area contributed by atoms with Crippen molar-refractivity contribution in [3.8, 4) is 17.6 Å². The number of hydrogen-bond donors (Lipinski definition) is 1. The minimum Gasteiger partial charge on any atom is -0.504 e. The first-order valence-corrected chi connectivity index (χ1v) is 8.04. The van der Waals surface area contributed by atoms with Gasteiger partial charge in [0, 0.05) is 5.02 Å². The van der Waals surface area contributed by atoms with Crippen LogP contribution in [0.1, 0.15) is 18.1 Å². The average molecular weight is 426 g/mol. The van der Waals surface area contributed by atoms with Gasteiger partial charge in [0.1, 0.15) is 0 Å². The number of halogens is 2. The van der Waals surface area contributed by atoms with Gasteiger partial charge in [-0.25, -0.2) is 0 Å². The predicted molar refractivity (Wildman–Crippen MR) is 96.9 cm³/mol. The minimum atomic E-state index is 0.115. The molecule has 2 aromatic rings. The Kier molecular flexibility index (Phi) is 5.69. The van der Waals surface area contributed by atoms with E-state index in [1.807, 2.05) is 29.5 Å². The molecule has 0 aliphatic rings. The van der Waals surface area contributed by atoms with Crippen LogP contribution in [0.5, 0.6) is 11.5 Å². The maximum atomic E-state index is 9.96. The molecule has 0 radical (unpaired) electrons. The number of ether oxygens (including phenoxy) is 1. The SMILES string of the molecule is CCOc1cc(/C=C(/C#N)c2ccc(Cl)cc2)cc(I)c1O. The highest BCUT2D eigenvalue weighted by atomic mass is 127. The van der Waals surface area contributed by atoms with E-state index < -0.39 is 0 Å². The lowest BCUT2D eigenvalue weighted by Crippen LogP contribution is -1.94. The van der Waals surface area contributed by atoms with Crippen molar-refractivity contribution in [2.45, 2.75) is 6.92 Å². The number of allylic oxidation sites excluding steroid dienone is 1. The Balaban J connectivity index is 2.46. The number of benzene rings is 2. The smallest absolute Gasteiger partial charge is 0.171 e. The maximum absolute atomic E-state index is 9.96. The van der Waals surface area contributed by atoms with Crippen LogP contribution in [0.25, 0.3) is 11.6 Å². The third kappa shape index (κ3) is 3.93. The highest BCUT2D eigenvalue weighted by molar-refractivity contribution is 14.1. The van der Waals surface area contributed by atoms with Crippen LogP contribution in [0.3, 0.4) is 0 Å². The van der Waals surface area contributed by atoms with Crippen molar-refractivity contribution in [1.82, 2.24) is 0 Å². The molecule has 0 aliphatic heterocycles. The minimum absolute atomic E-state index is 0.115. The molecular formula is C17H13ClINO2. The van der Waals surface area contributed by atoms with Crippen molar-refractivity contribution in [2.24, 2.45) is 0 Å². The van der Waals surface area contributed by atoms with Crippen LogP contribution < -0.4 is 4.74 Å². The second kappa shape index (κ2) is 7.52. The van der Waals surface area contributed by atoms with Crippen LogP contribution in [-0.2, 0) is 0 Å². The van der Waals surface area contributed by atoms with Crippen molar-refractivity contribution in [3.63, 3.8) is 0 Å². The molecular weight excluding hydrogens is 413 g/mol. The van der Waals surface area contributed by atoms with Crippen molar-refractivity contribution < 1.29 is 9.84 Å². The fourth-order valence-corrected chi connectivity index (χ4v) is 2.67. The monoisotopic (exact) mass is 425 g/mol. The van der Waals surface area contributed by atoms with Crippen molar-refractivity contribution >= 4 is 45.8 Å². The van der Waals surface area contributed by atoms with Gasteiger partial charge in [0.25, 0.3) is 0 Å². The van der Waals surface area contributed by atoms with Gasteiger partial charge in [-0.2, -0.15) is 5.26 Å². The lowest BCUT2D eigenvalue weighted by atomic mass is 10.0. The van der Waals surface area contributed by atoms with Crippen molar-refractivity contribution in [3.05, 3.63) is 56.1 Å². The highest BCUT2D eigenvalue weighted by Gasteiger charge is 2.09. The summed E-state index contributed by atoms with van der Waals surface area (Å²) >= 11 is 7.90. The lowest BCUT2D eigenvalue weighted by Gasteiger charge is -2.09. The van der Waals surface area contributed by atoms with Crippen LogP contribution in [0.4, 0.5) is 0 Å². The van der Waals surface area contributed by atoms with E-state index in [1.165, 1.54) is 0 Å². The third-order valence-corrected chi connectivity index (χ3v) is 4.01. The summed E-state index contributed by atoms with van der Waals surface area (Å²) < 4.78 is 6.08. The molecule has 3 nitrogen and oxygen atoms in total. The van der Waals surface area contributed by atoms with Crippen LogP contribution >= 0.6 is 34.2 Å². The summed E-state index contributed by atoms with van der Waals surface area (Å²) in [5.41, 5.74) is 2.09. The van der Waals surface area contributed by atoms with Gasteiger partial charge < -0.3 is 9.84 Å². The van der Waals surface area contributed by atoms with E-state index in [1.54, 1.807) is 42.5 Å². The van der Waals surface area contributed by atoms with Crippen LogP contribution in [0.2, 0.25) is 5.02 Å². The second-order valence-electron chi connectivity index (χ2n) is 4.46. The zero-order valence-corrected chi connectivity index (χ0v) is 14.7. The Bertz CT molecular complexity index is 748. The summed E-state index contributed by atoms with van der Waals surface area (Å²) in [7, 11) is 0. The quantitative estimate of drug-likeness (QED) is 0.420. The van der Waals surface area contributed by atoms with Crippen LogP contribution in [0.15, 0.2) is 36.4 Å². The van der Waals surface area contributed by atoms with Crippen molar-refractivity contribution in [1.29, 1.82) is 5.26 Å². The summed E-state index contributed by atoms with van der Waals surface area (Å²) in [4.78, 5) is 0. The van der Waals surface area contributed by atoms with Gasteiger partial charge in [0.05, 0.1) is 21.8 Å². The predicted octanol–water partition coefficient (Wildman–Crippen LogP) is 5.11. The molecule has 2 aromatic carbocycles. The van der Waals surface area contributed by atoms with Gasteiger partial charge in [-0.1, -0.05) is 23.7 Å². The van der Waals surface area contributed by atoms with Crippen LogP contribution in [-0.4, -0.2) is 11.7 Å². The van der Waals surface area contributed by atoms with Gasteiger partial charge in [0.2, 0.25) is 0 Å². The molecule has 2 rings (SSSR count). The standard InChI is InChI=1S/C17H13ClINO2/c1-2-22-16-9-11(8-15(19)17(16)21)7-13(10-20)12-3-5-14(18)6-4-12/h3-9,21H,2H2,1H3/b13-7-. The number of phenolic OH excluding ortho intramolecular Hbond substituents is 1. The Morgan fingerprint density at radius 1 is 1.36 bits per heavy atom. The highest BCUT2D eigenvalue weighted by Crippen LogP contribution is 2.34. The Morgan fingerprint density at radius 2 is 2.05 bits per heavy atom. The van der Waals surface area contributed by atoms with E-state index in [4.69, 9.17) is 16.3 Å². The van der Waals surface area contributed by atoms with Gasteiger partial charge in [0.15, 0.2) is 11.5 Å². The second-order valence-corrected chi connectivity index (χ2v) is 6.06. The molecule has 0 atom stereocenters. The van der Waals surface area contributed by atoms with E-state index in [2.05, 4.69) is 6.07 Å². The molecule has 0 bridgehead atoms. The molecule has 0 saturated carbocycles. The van der Waals surface area contributed by atoms with Crippen LogP contribution in [0, 0.1) is 14.9 Å². The maximum Gasteiger partial charge on any atom is 0.171 e. The molecule has 0 fully saturated rings. The molecule has 1 N–H and O–H groups in total. The van der Waals surface area contributed by atoms with E-state index in [-0.39, 0.29) is 5.75 Å². The number of phenols is 1. The third-order valence-electron chi connectivity index (χ3n) is 2.94. The molecule has 0 amide bonds. The van der Waals surface area contributed by atoms with E-state index >= 15 is 0 Å². The summed E-state index contributed by atoms with van der Waals surface area (Å²) in [5, 5.41) is 20.0. The first kappa shape index (κ1) is 16.7. The Hall–Kier alpha value is -1.71. The normalized spacial score (nSPS) is 11.1. The molecule has 0 saturated heterocycles.